The van der Waals surface area contributed by atoms with E-state index in [2.05, 4.69) is 5.32 Å². The Bertz CT molecular complexity index is 451. The highest BCUT2D eigenvalue weighted by molar-refractivity contribution is 7.92. The maximum atomic E-state index is 12.1. The normalized spacial score (nSPS) is 21.9. The number of halogens is 1. The molecule has 2 rings (SSSR count). The molecule has 0 radical (unpaired) electrons. The summed E-state index contributed by atoms with van der Waals surface area (Å²) in [5.74, 6) is 0. The largest absolute Gasteiger partial charge is 0.359 e. The van der Waals surface area contributed by atoms with Crippen molar-refractivity contribution in [1.29, 1.82) is 0 Å². The second kappa shape index (κ2) is 4.71. The Labute approximate surface area is 99.5 Å². The Morgan fingerprint density at radius 2 is 2.00 bits per heavy atom. The third kappa shape index (κ3) is 2.38. The zero-order valence-corrected chi connectivity index (χ0v) is 10.1. The third-order valence-electron chi connectivity index (χ3n) is 2.38. The number of ether oxygens (including phenoxy) is 1. The van der Waals surface area contributed by atoms with Gasteiger partial charge in [0.1, 0.15) is 0 Å². The molecule has 1 unspecified atom stereocenters. The van der Waals surface area contributed by atoms with Gasteiger partial charge in [0.15, 0.2) is 5.44 Å². The van der Waals surface area contributed by atoms with E-state index in [0.717, 1.165) is 0 Å². The summed E-state index contributed by atoms with van der Waals surface area (Å²) in [5, 5.41) is 3.51. The fourth-order valence-corrected chi connectivity index (χ4v) is 3.07. The molecule has 1 aromatic carbocycles. The van der Waals surface area contributed by atoms with Gasteiger partial charge in [-0.25, -0.2) is 8.42 Å². The van der Waals surface area contributed by atoms with Crippen LogP contribution in [0.5, 0.6) is 0 Å². The van der Waals surface area contributed by atoms with Crippen LogP contribution in [-0.4, -0.2) is 33.6 Å². The zero-order valence-electron chi connectivity index (χ0n) is 8.52. The van der Waals surface area contributed by atoms with E-state index in [1.165, 1.54) is 12.1 Å². The van der Waals surface area contributed by atoms with E-state index in [1.807, 2.05) is 0 Å². The van der Waals surface area contributed by atoms with Gasteiger partial charge in [-0.15, -0.1) is 0 Å². The zero-order chi connectivity index (χ0) is 11.6. The van der Waals surface area contributed by atoms with Crippen molar-refractivity contribution in [2.45, 2.75) is 10.3 Å². The molecule has 1 saturated heterocycles. The number of hydrogen-bond acceptors (Lipinski definition) is 4. The minimum absolute atomic E-state index is 0.241. The molecule has 1 aromatic rings. The Hall–Kier alpha value is -0.620. The van der Waals surface area contributed by atoms with Crippen LogP contribution >= 0.6 is 11.6 Å². The van der Waals surface area contributed by atoms with E-state index < -0.39 is 15.3 Å². The van der Waals surface area contributed by atoms with Gasteiger partial charge >= 0.3 is 0 Å². The molecule has 1 aliphatic rings. The van der Waals surface area contributed by atoms with Gasteiger partial charge in [-0.05, 0) is 24.3 Å². The highest BCUT2D eigenvalue weighted by atomic mass is 35.5. The lowest BCUT2D eigenvalue weighted by atomic mass is 10.4. The summed E-state index contributed by atoms with van der Waals surface area (Å²) >= 11 is 5.71. The SMILES string of the molecule is O=S(=O)(c1ccc(Cl)cc1)C1CNCCO1. The van der Waals surface area contributed by atoms with Crippen LogP contribution in [0.15, 0.2) is 29.2 Å². The smallest absolute Gasteiger partial charge is 0.206 e. The van der Waals surface area contributed by atoms with E-state index >= 15 is 0 Å². The molecular weight excluding hydrogens is 250 g/mol. The third-order valence-corrected chi connectivity index (χ3v) is 4.56. The van der Waals surface area contributed by atoms with Crippen LogP contribution in [0.1, 0.15) is 0 Å². The Balaban J connectivity index is 2.27. The Morgan fingerprint density at radius 3 is 2.56 bits per heavy atom. The molecule has 1 aliphatic heterocycles. The van der Waals surface area contributed by atoms with Crippen molar-refractivity contribution in [1.82, 2.24) is 5.32 Å². The molecule has 1 N–H and O–H groups in total. The number of benzene rings is 1. The number of hydrogen-bond donors (Lipinski definition) is 1. The topological polar surface area (TPSA) is 55.4 Å². The summed E-state index contributed by atoms with van der Waals surface area (Å²) < 4.78 is 29.4. The van der Waals surface area contributed by atoms with Crippen molar-refractivity contribution < 1.29 is 13.2 Å². The molecule has 1 atom stereocenters. The summed E-state index contributed by atoms with van der Waals surface area (Å²) in [6, 6.07) is 6.11. The average Bonchev–Trinajstić information content (AvgIpc) is 2.31. The van der Waals surface area contributed by atoms with Gasteiger partial charge in [0.25, 0.3) is 0 Å². The van der Waals surface area contributed by atoms with Crippen LogP contribution in [0.25, 0.3) is 0 Å². The highest BCUT2D eigenvalue weighted by Gasteiger charge is 2.29. The van der Waals surface area contributed by atoms with Gasteiger partial charge in [0.2, 0.25) is 9.84 Å². The van der Waals surface area contributed by atoms with Crippen molar-refractivity contribution in [2.24, 2.45) is 0 Å². The Morgan fingerprint density at radius 1 is 1.31 bits per heavy atom. The number of nitrogens with one attached hydrogen (secondary N) is 1. The van der Waals surface area contributed by atoms with Gasteiger partial charge in [-0.2, -0.15) is 0 Å². The summed E-state index contributed by atoms with van der Waals surface area (Å²) in [7, 11) is -3.42. The molecule has 16 heavy (non-hydrogen) atoms. The van der Waals surface area contributed by atoms with Gasteiger partial charge in [-0.1, -0.05) is 11.6 Å². The van der Waals surface area contributed by atoms with Crippen LogP contribution in [0.4, 0.5) is 0 Å². The molecule has 0 spiro atoms. The Kier molecular flexibility index (Phi) is 3.49. The second-order valence-corrected chi connectivity index (χ2v) is 6.03. The molecule has 6 heteroatoms. The maximum absolute atomic E-state index is 12.1. The second-order valence-electron chi connectivity index (χ2n) is 3.50. The summed E-state index contributed by atoms with van der Waals surface area (Å²) in [6.07, 6.45) is 0. The first-order chi connectivity index (χ1) is 7.60. The predicted molar refractivity (Wildman–Crippen MR) is 61.2 cm³/mol. The number of rotatable bonds is 2. The molecule has 88 valence electrons. The first-order valence-corrected chi connectivity index (χ1v) is 6.85. The molecule has 0 saturated carbocycles. The van der Waals surface area contributed by atoms with Crippen LogP contribution in [0.2, 0.25) is 5.02 Å². The standard InChI is InChI=1S/C10H12ClNO3S/c11-8-1-3-9(4-2-8)16(13,14)10-7-12-5-6-15-10/h1-4,10,12H,5-7H2. The molecule has 0 amide bonds. The molecule has 0 aromatic heterocycles. The highest BCUT2D eigenvalue weighted by Crippen LogP contribution is 2.20. The van der Waals surface area contributed by atoms with Crippen molar-refractivity contribution in [2.75, 3.05) is 19.7 Å². The molecule has 4 nitrogen and oxygen atoms in total. The first-order valence-electron chi connectivity index (χ1n) is 4.92. The monoisotopic (exact) mass is 261 g/mol. The van der Waals surface area contributed by atoms with E-state index in [-0.39, 0.29) is 4.90 Å². The number of morpholine rings is 1. The van der Waals surface area contributed by atoms with Gasteiger partial charge in [0.05, 0.1) is 11.5 Å². The molecule has 1 heterocycles. The van der Waals surface area contributed by atoms with Crippen molar-refractivity contribution in [3.8, 4) is 0 Å². The van der Waals surface area contributed by atoms with Crippen LogP contribution in [0, 0.1) is 0 Å². The van der Waals surface area contributed by atoms with Crippen molar-refractivity contribution in [3.05, 3.63) is 29.3 Å². The van der Waals surface area contributed by atoms with E-state index in [1.54, 1.807) is 12.1 Å². The molecular formula is C10H12ClNO3S. The number of sulfone groups is 1. The molecule has 0 bridgehead atoms. The van der Waals surface area contributed by atoms with Gasteiger partial charge < -0.3 is 10.1 Å². The van der Waals surface area contributed by atoms with Crippen LogP contribution < -0.4 is 5.32 Å². The predicted octanol–water partition coefficient (Wildman–Crippen LogP) is 1.06. The van der Waals surface area contributed by atoms with Gasteiger partial charge in [0, 0.05) is 18.1 Å². The summed E-state index contributed by atoms with van der Waals surface area (Å²) in [6.45, 7) is 1.43. The fraction of sp³-hybridized carbons (Fsp3) is 0.400. The van der Waals surface area contributed by atoms with E-state index in [0.29, 0.717) is 24.7 Å². The minimum atomic E-state index is -3.42. The van der Waals surface area contributed by atoms with Crippen molar-refractivity contribution in [3.63, 3.8) is 0 Å². The lowest BCUT2D eigenvalue weighted by Crippen LogP contribution is -2.42. The summed E-state index contributed by atoms with van der Waals surface area (Å²) in [4.78, 5) is 0.241. The lowest BCUT2D eigenvalue weighted by molar-refractivity contribution is 0.0785. The van der Waals surface area contributed by atoms with E-state index in [9.17, 15) is 8.42 Å². The lowest BCUT2D eigenvalue weighted by Gasteiger charge is -2.23. The van der Waals surface area contributed by atoms with Crippen LogP contribution in [0.3, 0.4) is 0 Å². The van der Waals surface area contributed by atoms with Gasteiger partial charge in [-0.3, -0.25) is 0 Å². The molecule has 0 aliphatic carbocycles. The van der Waals surface area contributed by atoms with Crippen LogP contribution in [-0.2, 0) is 14.6 Å². The fourth-order valence-electron chi connectivity index (χ4n) is 1.52. The maximum Gasteiger partial charge on any atom is 0.206 e. The minimum Gasteiger partial charge on any atom is -0.359 e. The average molecular weight is 262 g/mol. The molecule has 1 fully saturated rings. The first kappa shape index (κ1) is 11.9. The quantitative estimate of drug-likeness (QED) is 0.865. The van der Waals surface area contributed by atoms with E-state index in [4.69, 9.17) is 16.3 Å². The summed E-state index contributed by atoms with van der Waals surface area (Å²) in [5.41, 5.74) is -0.803. The van der Waals surface area contributed by atoms with Crippen molar-refractivity contribution >= 4 is 21.4 Å².